The number of ether oxygens (including phenoxy) is 1. The summed E-state index contributed by atoms with van der Waals surface area (Å²) in [6, 6.07) is 10.4. The average Bonchev–Trinajstić information content (AvgIpc) is 2.53. The number of hydrogen-bond acceptors (Lipinski definition) is 2. The molecule has 0 unspecified atom stereocenters. The Labute approximate surface area is 97.3 Å². The lowest BCUT2D eigenvalue weighted by Gasteiger charge is -2.20. The molecule has 2 atom stereocenters. The Morgan fingerprint density at radius 3 is 2.81 bits per heavy atom. The third-order valence-corrected chi connectivity index (χ3v) is 3.22. The van der Waals surface area contributed by atoms with Gasteiger partial charge in [-0.2, -0.15) is 0 Å². The van der Waals surface area contributed by atoms with E-state index in [1.54, 1.807) is 0 Å². The van der Waals surface area contributed by atoms with E-state index in [2.05, 4.69) is 24.3 Å². The third-order valence-electron chi connectivity index (χ3n) is 3.22. The van der Waals surface area contributed by atoms with Crippen molar-refractivity contribution in [3.63, 3.8) is 0 Å². The summed E-state index contributed by atoms with van der Waals surface area (Å²) in [6.45, 7) is 0.802. The molecule has 0 amide bonds. The maximum atomic E-state index is 9.90. The maximum Gasteiger partial charge on any atom is 0.0837 e. The van der Waals surface area contributed by atoms with E-state index in [-0.39, 0.29) is 12.2 Å². The fourth-order valence-electron chi connectivity index (χ4n) is 2.22. The molecule has 0 spiro atoms. The fraction of sp³-hybridized carbons (Fsp3) is 0.571. The van der Waals surface area contributed by atoms with Crippen LogP contribution < -0.4 is 0 Å². The molecule has 1 saturated heterocycles. The Hall–Kier alpha value is -0.860. The standard InChI is InChI=1S/C14H20O2/c15-13-8-4-5-11-16-14(13)10-9-12-6-2-1-3-7-12/h1-3,6-7,13-15H,4-5,8-11H2/t13-,14+/m1/s1. The molecule has 1 aliphatic heterocycles. The molecule has 88 valence electrons. The summed E-state index contributed by atoms with van der Waals surface area (Å²) < 4.78 is 5.69. The number of rotatable bonds is 3. The largest absolute Gasteiger partial charge is 0.390 e. The highest BCUT2D eigenvalue weighted by Crippen LogP contribution is 2.18. The molecule has 0 aromatic heterocycles. The Kier molecular flexibility index (Phi) is 4.37. The molecule has 2 rings (SSSR count). The second kappa shape index (κ2) is 6.02. The topological polar surface area (TPSA) is 29.5 Å². The Balaban J connectivity index is 1.84. The zero-order chi connectivity index (χ0) is 11.2. The maximum absolute atomic E-state index is 9.90. The summed E-state index contributed by atoms with van der Waals surface area (Å²) in [6.07, 6.45) is 4.73. The van der Waals surface area contributed by atoms with Crippen molar-refractivity contribution in [1.29, 1.82) is 0 Å². The van der Waals surface area contributed by atoms with Crippen LogP contribution in [-0.4, -0.2) is 23.9 Å². The Morgan fingerprint density at radius 2 is 2.00 bits per heavy atom. The second-order valence-electron chi connectivity index (χ2n) is 4.50. The summed E-state index contributed by atoms with van der Waals surface area (Å²) in [5, 5.41) is 9.90. The highest BCUT2D eigenvalue weighted by atomic mass is 16.5. The smallest absolute Gasteiger partial charge is 0.0837 e. The number of benzene rings is 1. The van der Waals surface area contributed by atoms with Crippen LogP contribution in [0.3, 0.4) is 0 Å². The van der Waals surface area contributed by atoms with Crippen molar-refractivity contribution >= 4 is 0 Å². The van der Waals surface area contributed by atoms with Crippen LogP contribution in [0.25, 0.3) is 0 Å². The van der Waals surface area contributed by atoms with Gasteiger partial charge in [0.15, 0.2) is 0 Å². The molecule has 16 heavy (non-hydrogen) atoms. The van der Waals surface area contributed by atoms with E-state index in [0.29, 0.717) is 0 Å². The van der Waals surface area contributed by atoms with E-state index < -0.39 is 0 Å². The predicted molar refractivity (Wildman–Crippen MR) is 64.4 cm³/mol. The van der Waals surface area contributed by atoms with E-state index in [1.807, 2.05) is 6.07 Å². The lowest BCUT2D eigenvalue weighted by Crippen LogP contribution is -2.27. The zero-order valence-electron chi connectivity index (χ0n) is 9.64. The second-order valence-corrected chi connectivity index (χ2v) is 4.50. The Morgan fingerprint density at radius 1 is 1.19 bits per heavy atom. The van der Waals surface area contributed by atoms with Gasteiger partial charge in [0, 0.05) is 6.61 Å². The van der Waals surface area contributed by atoms with Gasteiger partial charge in [0.1, 0.15) is 0 Å². The molecule has 0 saturated carbocycles. The minimum absolute atomic E-state index is 0.0303. The highest BCUT2D eigenvalue weighted by molar-refractivity contribution is 5.14. The summed E-state index contributed by atoms with van der Waals surface area (Å²) in [5.41, 5.74) is 1.32. The van der Waals surface area contributed by atoms with Gasteiger partial charge in [-0.3, -0.25) is 0 Å². The number of aryl methyl sites for hydroxylation is 1. The van der Waals surface area contributed by atoms with Crippen LogP contribution >= 0.6 is 0 Å². The Bertz CT molecular complexity index is 297. The van der Waals surface area contributed by atoms with Crippen molar-refractivity contribution in [2.75, 3.05) is 6.61 Å². The quantitative estimate of drug-likeness (QED) is 0.848. The van der Waals surface area contributed by atoms with Crippen LogP contribution in [0.2, 0.25) is 0 Å². The van der Waals surface area contributed by atoms with Crippen molar-refractivity contribution in [2.45, 2.75) is 44.3 Å². The molecule has 1 aromatic rings. The van der Waals surface area contributed by atoms with Crippen molar-refractivity contribution in [3.05, 3.63) is 35.9 Å². The van der Waals surface area contributed by atoms with Gasteiger partial charge >= 0.3 is 0 Å². The lowest BCUT2D eigenvalue weighted by atomic mass is 10.0. The highest BCUT2D eigenvalue weighted by Gasteiger charge is 2.21. The predicted octanol–water partition coefficient (Wildman–Crippen LogP) is 2.55. The van der Waals surface area contributed by atoms with Crippen LogP contribution in [-0.2, 0) is 11.2 Å². The first kappa shape index (κ1) is 11.6. The normalized spacial score (nSPS) is 26.3. The molecule has 2 heteroatoms. The molecule has 2 nitrogen and oxygen atoms in total. The minimum Gasteiger partial charge on any atom is -0.390 e. The van der Waals surface area contributed by atoms with Gasteiger partial charge in [-0.05, 0) is 37.7 Å². The number of hydrogen-bond donors (Lipinski definition) is 1. The van der Waals surface area contributed by atoms with Gasteiger partial charge in [-0.25, -0.2) is 0 Å². The molecule has 0 radical (unpaired) electrons. The van der Waals surface area contributed by atoms with Gasteiger partial charge in [0.05, 0.1) is 12.2 Å². The summed E-state index contributed by atoms with van der Waals surface area (Å²) >= 11 is 0. The summed E-state index contributed by atoms with van der Waals surface area (Å²) in [4.78, 5) is 0. The average molecular weight is 220 g/mol. The minimum atomic E-state index is -0.272. The van der Waals surface area contributed by atoms with Crippen LogP contribution in [0.1, 0.15) is 31.2 Å². The first-order valence-corrected chi connectivity index (χ1v) is 6.20. The summed E-state index contributed by atoms with van der Waals surface area (Å²) in [7, 11) is 0. The molecular formula is C14H20O2. The first-order chi connectivity index (χ1) is 7.86. The van der Waals surface area contributed by atoms with Crippen molar-refractivity contribution in [1.82, 2.24) is 0 Å². The van der Waals surface area contributed by atoms with E-state index in [4.69, 9.17) is 4.74 Å². The van der Waals surface area contributed by atoms with Gasteiger partial charge in [-0.1, -0.05) is 30.3 Å². The van der Waals surface area contributed by atoms with Crippen molar-refractivity contribution in [3.8, 4) is 0 Å². The molecule has 0 aliphatic carbocycles. The van der Waals surface area contributed by atoms with E-state index in [9.17, 15) is 5.11 Å². The van der Waals surface area contributed by atoms with Gasteiger partial charge in [0.2, 0.25) is 0 Å². The molecule has 1 fully saturated rings. The van der Waals surface area contributed by atoms with Crippen molar-refractivity contribution in [2.24, 2.45) is 0 Å². The lowest BCUT2D eigenvalue weighted by molar-refractivity contribution is -0.0290. The van der Waals surface area contributed by atoms with E-state index in [0.717, 1.165) is 38.7 Å². The van der Waals surface area contributed by atoms with Crippen LogP contribution in [0, 0.1) is 0 Å². The van der Waals surface area contributed by atoms with E-state index in [1.165, 1.54) is 5.56 Å². The first-order valence-electron chi connectivity index (χ1n) is 6.20. The third kappa shape index (κ3) is 3.32. The molecule has 1 N–H and O–H groups in total. The molecular weight excluding hydrogens is 200 g/mol. The van der Waals surface area contributed by atoms with Crippen LogP contribution in [0.15, 0.2) is 30.3 Å². The van der Waals surface area contributed by atoms with Crippen molar-refractivity contribution < 1.29 is 9.84 Å². The van der Waals surface area contributed by atoms with Crippen LogP contribution in [0.4, 0.5) is 0 Å². The van der Waals surface area contributed by atoms with Gasteiger partial charge in [0.25, 0.3) is 0 Å². The zero-order valence-corrected chi connectivity index (χ0v) is 9.64. The molecule has 0 bridgehead atoms. The molecule has 1 aliphatic rings. The fourth-order valence-corrected chi connectivity index (χ4v) is 2.22. The van der Waals surface area contributed by atoms with Gasteiger partial charge < -0.3 is 9.84 Å². The summed E-state index contributed by atoms with van der Waals surface area (Å²) in [5.74, 6) is 0. The SMILES string of the molecule is O[C@@H]1CCCCO[C@H]1CCc1ccccc1. The molecule has 1 heterocycles. The van der Waals surface area contributed by atoms with Gasteiger partial charge in [-0.15, -0.1) is 0 Å². The number of aliphatic hydroxyl groups excluding tert-OH is 1. The molecule has 1 aromatic carbocycles. The number of aliphatic hydroxyl groups is 1. The van der Waals surface area contributed by atoms with E-state index >= 15 is 0 Å². The van der Waals surface area contributed by atoms with Crippen LogP contribution in [0.5, 0.6) is 0 Å². The monoisotopic (exact) mass is 220 g/mol.